The zero-order valence-corrected chi connectivity index (χ0v) is 17.9. The van der Waals surface area contributed by atoms with E-state index in [1.54, 1.807) is 12.4 Å². The van der Waals surface area contributed by atoms with Crippen molar-refractivity contribution in [3.8, 4) is 11.3 Å². The topological polar surface area (TPSA) is 67.8 Å². The van der Waals surface area contributed by atoms with Crippen molar-refractivity contribution in [1.29, 1.82) is 0 Å². The van der Waals surface area contributed by atoms with Gasteiger partial charge >= 0.3 is 0 Å². The highest BCUT2D eigenvalue weighted by atomic mass is 16.1. The van der Waals surface area contributed by atoms with Gasteiger partial charge in [0.1, 0.15) is 6.33 Å². The first-order valence-electron chi connectivity index (χ1n) is 10.2. The maximum atomic E-state index is 12.9. The van der Waals surface area contributed by atoms with Crippen LogP contribution in [-0.4, -0.2) is 20.9 Å². The summed E-state index contributed by atoms with van der Waals surface area (Å²) in [6, 6.07) is 17.5. The normalized spacial score (nSPS) is 10.7. The van der Waals surface area contributed by atoms with E-state index in [0.717, 1.165) is 39.3 Å². The first kappa shape index (κ1) is 20.4. The number of carbonyl (C=O) groups is 1. The summed E-state index contributed by atoms with van der Waals surface area (Å²) in [5.74, 6) is -0.124. The van der Waals surface area contributed by atoms with E-state index >= 15 is 0 Å². The SMILES string of the molecule is Cc1ccc(NC(=O)c2ccc(C)c(Cc3ncccc3-c3ccncn3)c2)cc1C. The van der Waals surface area contributed by atoms with Crippen LogP contribution < -0.4 is 5.32 Å². The Morgan fingerprint density at radius 3 is 2.48 bits per heavy atom. The molecule has 154 valence electrons. The molecule has 0 aliphatic heterocycles. The van der Waals surface area contributed by atoms with E-state index in [-0.39, 0.29) is 5.91 Å². The lowest BCUT2D eigenvalue weighted by molar-refractivity contribution is 0.102. The molecular weight excluding hydrogens is 384 g/mol. The van der Waals surface area contributed by atoms with Crippen LogP contribution in [-0.2, 0) is 6.42 Å². The number of benzene rings is 2. The Morgan fingerprint density at radius 1 is 0.871 bits per heavy atom. The fourth-order valence-corrected chi connectivity index (χ4v) is 3.47. The third kappa shape index (κ3) is 4.67. The monoisotopic (exact) mass is 408 g/mol. The highest BCUT2D eigenvalue weighted by Crippen LogP contribution is 2.24. The Morgan fingerprint density at radius 2 is 1.71 bits per heavy atom. The van der Waals surface area contributed by atoms with Crippen molar-refractivity contribution in [2.45, 2.75) is 27.2 Å². The van der Waals surface area contributed by atoms with Crippen LogP contribution in [0.2, 0.25) is 0 Å². The van der Waals surface area contributed by atoms with Crippen molar-refractivity contribution in [3.63, 3.8) is 0 Å². The van der Waals surface area contributed by atoms with E-state index in [2.05, 4.69) is 27.2 Å². The molecule has 0 bridgehead atoms. The molecule has 1 N–H and O–H groups in total. The highest BCUT2D eigenvalue weighted by molar-refractivity contribution is 6.04. The van der Waals surface area contributed by atoms with Crippen molar-refractivity contribution in [1.82, 2.24) is 15.0 Å². The van der Waals surface area contributed by atoms with Crippen LogP contribution in [0.4, 0.5) is 5.69 Å². The van der Waals surface area contributed by atoms with Gasteiger partial charge in [-0.15, -0.1) is 0 Å². The minimum absolute atomic E-state index is 0.124. The molecule has 0 unspecified atom stereocenters. The van der Waals surface area contributed by atoms with E-state index in [9.17, 15) is 4.79 Å². The predicted octanol–water partition coefficient (Wildman–Crippen LogP) is 5.31. The van der Waals surface area contributed by atoms with Gasteiger partial charge in [0, 0.05) is 35.6 Å². The van der Waals surface area contributed by atoms with Crippen LogP contribution >= 0.6 is 0 Å². The third-order valence-electron chi connectivity index (χ3n) is 5.48. The Labute approximate surface area is 182 Å². The molecule has 0 atom stereocenters. The molecule has 4 aromatic rings. The maximum absolute atomic E-state index is 12.9. The molecule has 5 heteroatoms. The Balaban J connectivity index is 1.61. The number of carbonyl (C=O) groups excluding carboxylic acids is 1. The van der Waals surface area contributed by atoms with Gasteiger partial charge < -0.3 is 5.32 Å². The zero-order chi connectivity index (χ0) is 21.8. The van der Waals surface area contributed by atoms with Gasteiger partial charge in [-0.1, -0.05) is 12.1 Å². The Kier molecular flexibility index (Phi) is 5.85. The number of rotatable bonds is 5. The summed E-state index contributed by atoms with van der Waals surface area (Å²) < 4.78 is 0. The first-order valence-corrected chi connectivity index (χ1v) is 10.2. The smallest absolute Gasteiger partial charge is 0.255 e. The van der Waals surface area contributed by atoms with Crippen molar-refractivity contribution >= 4 is 11.6 Å². The van der Waals surface area contributed by atoms with Crippen LogP contribution in [0.3, 0.4) is 0 Å². The van der Waals surface area contributed by atoms with Crippen molar-refractivity contribution in [3.05, 3.63) is 107 Å². The number of nitrogens with zero attached hydrogens (tertiary/aromatic N) is 3. The minimum atomic E-state index is -0.124. The molecule has 0 fully saturated rings. The number of anilines is 1. The van der Waals surface area contributed by atoms with Crippen LogP contribution in [0.1, 0.15) is 38.3 Å². The number of hydrogen-bond acceptors (Lipinski definition) is 4. The number of aryl methyl sites for hydroxylation is 3. The molecule has 0 spiro atoms. The first-order chi connectivity index (χ1) is 15.0. The molecule has 0 saturated heterocycles. The molecule has 0 saturated carbocycles. The van der Waals surface area contributed by atoms with E-state index in [1.165, 1.54) is 11.9 Å². The lowest BCUT2D eigenvalue weighted by Crippen LogP contribution is -2.13. The lowest BCUT2D eigenvalue weighted by atomic mass is 9.97. The summed E-state index contributed by atoms with van der Waals surface area (Å²) >= 11 is 0. The molecule has 5 nitrogen and oxygen atoms in total. The van der Waals surface area contributed by atoms with Crippen molar-refractivity contribution in [2.75, 3.05) is 5.32 Å². The van der Waals surface area contributed by atoms with E-state index in [1.807, 2.05) is 68.4 Å². The summed E-state index contributed by atoms with van der Waals surface area (Å²) in [4.78, 5) is 25.8. The number of amides is 1. The van der Waals surface area contributed by atoms with Gasteiger partial charge in [-0.05, 0) is 85.5 Å². The van der Waals surface area contributed by atoms with Gasteiger partial charge in [0.25, 0.3) is 5.91 Å². The minimum Gasteiger partial charge on any atom is -0.322 e. The Bertz CT molecular complexity index is 1240. The van der Waals surface area contributed by atoms with Crippen LogP contribution in [0.5, 0.6) is 0 Å². The third-order valence-corrected chi connectivity index (χ3v) is 5.48. The molecule has 1 amide bonds. The molecule has 0 aliphatic carbocycles. The summed E-state index contributed by atoms with van der Waals surface area (Å²) in [6.45, 7) is 6.14. The predicted molar refractivity (Wildman–Crippen MR) is 123 cm³/mol. The van der Waals surface area contributed by atoms with Crippen LogP contribution in [0, 0.1) is 20.8 Å². The average molecular weight is 409 g/mol. The summed E-state index contributed by atoms with van der Waals surface area (Å²) in [5.41, 5.74) is 8.65. The molecule has 0 aliphatic rings. The average Bonchev–Trinajstić information content (AvgIpc) is 2.78. The van der Waals surface area contributed by atoms with Gasteiger partial charge in [-0.25, -0.2) is 9.97 Å². The number of aromatic nitrogens is 3. The fourth-order valence-electron chi connectivity index (χ4n) is 3.47. The lowest BCUT2D eigenvalue weighted by Gasteiger charge is -2.12. The van der Waals surface area contributed by atoms with Gasteiger partial charge in [0.05, 0.1) is 11.4 Å². The molecule has 0 radical (unpaired) electrons. The molecule has 2 aromatic carbocycles. The van der Waals surface area contributed by atoms with Crippen LogP contribution in [0.15, 0.2) is 73.3 Å². The summed E-state index contributed by atoms with van der Waals surface area (Å²) in [5, 5.41) is 3.00. The number of nitrogens with one attached hydrogen (secondary N) is 1. The molecule has 4 rings (SSSR count). The fraction of sp³-hybridized carbons (Fsp3) is 0.154. The second-order valence-electron chi connectivity index (χ2n) is 7.66. The van der Waals surface area contributed by atoms with E-state index in [4.69, 9.17) is 0 Å². The van der Waals surface area contributed by atoms with Gasteiger partial charge in [-0.3, -0.25) is 9.78 Å². The van der Waals surface area contributed by atoms with Gasteiger partial charge in [0.2, 0.25) is 0 Å². The van der Waals surface area contributed by atoms with E-state index < -0.39 is 0 Å². The number of pyridine rings is 1. The standard InChI is InChI=1S/C26H24N4O/c1-17-7-9-22(13-19(17)3)30-26(31)20-8-6-18(2)21(14-20)15-25-23(5-4-11-28-25)24-10-12-27-16-29-24/h4-14,16H,15H2,1-3H3,(H,30,31). The summed E-state index contributed by atoms with van der Waals surface area (Å²) in [6.07, 6.45) is 5.65. The maximum Gasteiger partial charge on any atom is 0.255 e. The van der Waals surface area contributed by atoms with Crippen molar-refractivity contribution < 1.29 is 4.79 Å². The second kappa shape index (κ2) is 8.88. The molecule has 2 aromatic heterocycles. The second-order valence-corrected chi connectivity index (χ2v) is 7.66. The Hall–Kier alpha value is -3.86. The van der Waals surface area contributed by atoms with Gasteiger partial charge in [0.15, 0.2) is 0 Å². The van der Waals surface area contributed by atoms with Crippen molar-refractivity contribution in [2.24, 2.45) is 0 Å². The number of hydrogen-bond donors (Lipinski definition) is 1. The van der Waals surface area contributed by atoms with E-state index in [0.29, 0.717) is 12.0 Å². The zero-order valence-electron chi connectivity index (χ0n) is 17.9. The van der Waals surface area contributed by atoms with Crippen LogP contribution in [0.25, 0.3) is 11.3 Å². The molecule has 2 heterocycles. The molecule has 31 heavy (non-hydrogen) atoms. The summed E-state index contributed by atoms with van der Waals surface area (Å²) in [7, 11) is 0. The molecular formula is C26H24N4O. The highest BCUT2D eigenvalue weighted by Gasteiger charge is 2.13. The van der Waals surface area contributed by atoms with Gasteiger partial charge in [-0.2, -0.15) is 0 Å². The largest absolute Gasteiger partial charge is 0.322 e. The quantitative estimate of drug-likeness (QED) is 0.486.